The predicted molar refractivity (Wildman–Crippen MR) is 112 cm³/mol. The zero-order valence-corrected chi connectivity index (χ0v) is 15.9. The van der Waals surface area contributed by atoms with Crippen molar-refractivity contribution in [3.8, 4) is 22.4 Å². The van der Waals surface area contributed by atoms with E-state index in [0.29, 0.717) is 0 Å². The van der Waals surface area contributed by atoms with E-state index in [1.807, 2.05) is 61.5 Å². The van der Waals surface area contributed by atoms with Crippen LogP contribution in [-0.2, 0) is 11.2 Å². The van der Waals surface area contributed by atoms with Gasteiger partial charge < -0.3 is 0 Å². The van der Waals surface area contributed by atoms with Gasteiger partial charge in [0.1, 0.15) is 0 Å². The second-order valence-electron chi connectivity index (χ2n) is 6.62. The number of rotatable bonds is 5. The Morgan fingerprint density at radius 1 is 0.828 bits per heavy atom. The monoisotopic (exact) mass is 381 g/mol. The molecular weight excluding hydrogens is 362 g/mol. The summed E-state index contributed by atoms with van der Waals surface area (Å²) in [4.78, 5) is 29.4. The number of hydrogen-bond acceptors (Lipinski definition) is 5. The van der Waals surface area contributed by atoms with Crippen molar-refractivity contribution >= 4 is 11.9 Å². The lowest BCUT2D eigenvalue weighted by Gasteiger charge is -2.06. The van der Waals surface area contributed by atoms with Gasteiger partial charge in [-0.15, -0.1) is 0 Å². The summed E-state index contributed by atoms with van der Waals surface area (Å²) in [7, 11) is 0. The molecule has 0 unspecified atom stereocenters. The van der Waals surface area contributed by atoms with Crippen LogP contribution in [0.4, 0.5) is 5.95 Å². The average Bonchev–Trinajstić information content (AvgIpc) is 2.75. The molecule has 0 aliphatic carbocycles. The van der Waals surface area contributed by atoms with Gasteiger partial charge in [0, 0.05) is 41.6 Å². The van der Waals surface area contributed by atoms with Crippen molar-refractivity contribution < 1.29 is 4.79 Å². The van der Waals surface area contributed by atoms with Gasteiger partial charge in [-0.05, 0) is 36.2 Å². The molecule has 0 spiro atoms. The summed E-state index contributed by atoms with van der Waals surface area (Å²) in [5.74, 6) is 0.0956. The Morgan fingerprint density at radius 2 is 1.62 bits per heavy atom. The first-order valence-electron chi connectivity index (χ1n) is 9.23. The molecule has 3 heterocycles. The van der Waals surface area contributed by atoms with E-state index in [1.165, 1.54) is 0 Å². The van der Waals surface area contributed by atoms with Gasteiger partial charge in [-0.2, -0.15) is 0 Å². The van der Waals surface area contributed by atoms with E-state index >= 15 is 0 Å². The fourth-order valence-corrected chi connectivity index (χ4v) is 2.93. The number of pyridine rings is 2. The Balaban J connectivity index is 1.38. The van der Waals surface area contributed by atoms with Gasteiger partial charge in [0.2, 0.25) is 11.9 Å². The molecule has 1 N–H and O–H groups in total. The molecule has 3 aromatic heterocycles. The second kappa shape index (κ2) is 8.39. The van der Waals surface area contributed by atoms with Gasteiger partial charge in [0.25, 0.3) is 0 Å². The third kappa shape index (κ3) is 4.68. The third-order valence-electron chi connectivity index (χ3n) is 4.39. The fourth-order valence-electron chi connectivity index (χ4n) is 2.93. The van der Waals surface area contributed by atoms with Gasteiger partial charge in [0.05, 0.1) is 12.1 Å². The maximum atomic E-state index is 12.3. The van der Waals surface area contributed by atoms with Crippen LogP contribution in [0.3, 0.4) is 0 Å². The number of aromatic nitrogens is 4. The van der Waals surface area contributed by atoms with Gasteiger partial charge in [-0.3, -0.25) is 20.1 Å². The molecule has 0 bridgehead atoms. The Labute approximate surface area is 168 Å². The van der Waals surface area contributed by atoms with Crippen molar-refractivity contribution in [1.82, 2.24) is 19.9 Å². The van der Waals surface area contributed by atoms with Crippen LogP contribution in [0.1, 0.15) is 11.3 Å². The molecule has 0 atom stereocenters. The minimum absolute atomic E-state index is 0.188. The highest BCUT2D eigenvalue weighted by Gasteiger charge is 2.08. The summed E-state index contributed by atoms with van der Waals surface area (Å²) in [5, 5.41) is 2.73. The third-order valence-corrected chi connectivity index (χ3v) is 4.39. The number of hydrogen-bond donors (Lipinski definition) is 1. The summed E-state index contributed by atoms with van der Waals surface area (Å²) < 4.78 is 0. The van der Waals surface area contributed by atoms with E-state index in [4.69, 9.17) is 0 Å². The van der Waals surface area contributed by atoms with Crippen molar-refractivity contribution in [3.05, 3.63) is 90.6 Å². The molecule has 1 amide bonds. The minimum atomic E-state index is -0.188. The first-order chi connectivity index (χ1) is 14.2. The number of amides is 1. The van der Waals surface area contributed by atoms with Gasteiger partial charge in [0.15, 0.2) is 0 Å². The molecule has 0 aliphatic rings. The number of benzene rings is 1. The Hall–Kier alpha value is -3.93. The van der Waals surface area contributed by atoms with Crippen LogP contribution in [-0.4, -0.2) is 25.8 Å². The lowest BCUT2D eigenvalue weighted by atomic mass is 10.1. The first kappa shape index (κ1) is 18.4. The maximum Gasteiger partial charge on any atom is 0.231 e. The standard InChI is InChI=1S/C23H19N5O/c1-16-11-19(9-10-24-16)21-8-7-17(13-25-21)12-22(29)28-23-26-14-20(15-27-23)18-5-3-2-4-6-18/h2-11,13-15H,12H2,1H3,(H,26,27,28,29). The SMILES string of the molecule is Cc1cc(-c2ccc(CC(=O)Nc3ncc(-c4ccccc4)cn3)cn2)ccn1. The number of carbonyl (C=O) groups is 1. The van der Waals surface area contributed by atoms with Crippen LogP contribution in [0.2, 0.25) is 0 Å². The zero-order chi connectivity index (χ0) is 20.1. The first-order valence-corrected chi connectivity index (χ1v) is 9.23. The van der Waals surface area contributed by atoms with Crippen molar-refractivity contribution in [2.75, 3.05) is 5.32 Å². The van der Waals surface area contributed by atoms with E-state index < -0.39 is 0 Å². The number of anilines is 1. The summed E-state index contributed by atoms with van der Waals surface area (Å²) in [6, 6.07) is 17.5. The molecule has 0 saturated heterocycles. The molecule has 6 nitrogen and oxygen atoms in total. The summed E-state index contributed by atoms with van der Waals surface area (Å²) in [5.41, 5.74) is 5.53. The average molecular weight is 381 g/mol. The van der Waals surface area contributed by atoms with Crippen LogP contribution in [0.25, 0.3) is 22.4 Å². The summed E-state index contributed by atoms with van der Waals surface area (Å²) in [6.07, 6.45) is 7.07. The molecule has 0 saturated carbocycles. The van der Waals surface area contributed by atoms with Crippen molar-refractivity contribution in [3.63, 3.8) is 0 Å². The predicted octanol–water partition coefficient (Wildman–Crippen LogP) is 4.09. The normalized spacial score (nSPS) is 10.5. The quantitative estimate of drug-likeness (QED) is 0.563. The van der Waals surface area contributed by atoms with E-state index in [0.717, 1.165) is 33.6 Å². The highest BCUT2D eigenvalue weighted by molar-refractivity contribution is 5.90. The minimum Gasteiger partial charge on any atom is -0.294 e. The lowest BCUT2D eigenvalue weighted by Crippen LogP contribution is -2.16. The number of carbonyl (C=O) groups excluding carboxylic acids is 1. The fraction of sp³-hybridized carbons (Fsp3) is 0.0870. The molecule has 0 aliphatic heterocycles. The van der Waals surface area contributed by atoms with Gasteiger partial charge in [-0.1, -0.05) is 36.4 Å². The van der Waals surface area contributed by atoms with E-state index in [2.05, 4.69) is 25.3 Å². The lowest BCUT2D eigenvalue weighted by molar-refractivity contribution is -0.115. The molecule has 142 valence electrons. The van der Waals surface area contributed by atoms with Gasteiger partial charge in [-0.25, -0.2) is 9.97 Å². The van der Waals surface area contributed by atoms with Crippen LogP contribution in [0, 0.1) is 6.92 Å². The number of nitrogens with zero attached hydrogens (tertiary/aromatic N) is 4. The second-order valence-corrected chi connectivity index (χ2v) is 6.62. The van der Waals surface area contributed by atoms with Crippen LogP contribution < -0.4 is 5.32 Å². The topological polar surface area (TPSA) is 80.7 Å². The molecule has 1 aromatic carbocycles. The number of aryl methyl sites for hydroxylation is 1. The molecule has 29 heavy (non-hydrogen) atoms. The van der Waals surface area contributed by atoms with E-state index in [9.17, 15) is 4.79 Å². The van der Waals surface area contributed by atoms with Crippen molar-refractivity contribution in [2.24, 2.45) is 0 Å². The van der Waals surface area contributed by atoms with E-state index in [1.54, 1.807) is 24.8 Å². The Bertz CT molecular complexity index is 1110. The molecule has 6 heteroatoms. The van der Waals surface area contributed by atoms with E-state index in [-0.39, 0.29) is 18.3 Å². The van der Waals surface area contributed by atoms with Crippen LogP contribution >= 0.6 is 0 Å². The molecule has 0 radical (unpaired) electrons. The van der Waals surface area contributed by atoms with Crippen molar-refractivity contribution in [1.29, 1.82) is 0 Å². The van der Waals surface area contributed by atoms with Crippen LogP contribution in [0.15, 0.2) is 79.4 Å². The van der Waals surface area contributed by atoms with Crippen LogP contribution in [0.5, 0.6) is 0 Å². The molecular formula is C23H19N5O. The molecule has 0 fully saturated rings. The molecule has 4 aromatic rings. The largest absolute Gasteiger partial charge is 0.294 e. The number of nitrogens with one attached hydrogen (secondary N) is 1. The van der Waals surface area contributed by atoms with Gasteiger partial charge >= 0.3 is 0 Å². The highest BCUT2D eigenvalue weighted by Crippen LogP contribution is 2.18. The smallest absolute Gasteiger partial charge is 0.231 e. The Morgan fingerprint density at radius 3 is 2.31 bits per heavy atom. The maximum absolute atomic E-state index is 12.3. The Kier molecular flexibility index (Phi) is 5.33. The molecule has 4 rings (SSSR count). The summed E-state index contributed by atoms with van der Waals surface area (Å²) in [6.45, 7) is 1.94. The summed E-state index contributed by atoms with van der Waals surface area (Å²) >= 11 is 0. The zero-order valence-electron chi connectivity index (χ0n) is 15.9. The van der Waals surface area contributed by atoms with Crippen molar-refractivity contribution in [2.45, 2.75) is 13.3 Å². The highest BCUT2D eigenvalue weighted by atomic mass is 16.1.